The van der Waals surface area contributed by atoms with Crippen molar-refractivity contribution >= 4 is 17.5 Å². The predicted octanol–water partition coefficient (Wildman–Crippen LogP) is 3.04. The number of carbonyl (C=O) groups excluding carboxylic acids is 2. The number of hydrogen-bond donors (Lipinski definition) is 1. The summed E-state index contributed by atoms with van der Waals surface area (Å²) in [5.74, 6) is -0.187. The van der Waals surface area contributed by atoms with Gasteiger partial charge in [-0.3, -0.25) is 14.5 Å². The molecule has 6 nitrogen and oxygen atoms in total. The van der Waals surface area contributed by atoms with Gasteiger partial charge in [0.25, 0.3) is 0 Å². The highest BCUT2D eigenvalue weighted by atomic mass is 16.7. The third kappa shape index (κ3) is 4.39. The SMILES string of the molecule is CCC[C@](C)(CCCNC(=O)[C@@H]1Cc2ccccc2N1C(C)=O)C1OCCO1. The molecule has 28 heavy (non-hydrogen) atoms. The molecule has 0 radical (unpaired) electrons. The Kier molecular flexibility index (Phi) is 6.73. The van der Waals surface area contributed by atoms with Crippen LogP contribution in [0, 0.1) is 5.41 Å². The molecule has 0 aliphatic carbocycles. The van der Waals surface area contributed by atoms with Crippen LogP contribution in [0.2, 0.25) is 0 Å². The van der Waals surface area contributed by atoms with E-state index in [1.807, 2.05) is 24.3 Å². The van der Waals surface area contributed by atoms with Crippen LogP contribution in [-0.2, 0) is 25.5 Å². The molecule has 0 aromatic heterocycles. The van der Waals surface area contributed by atoms with E-state index in [1.54, 1.807) is 4.90 Å². The van der Waals surface area contributed by atoms with Gasteiger partial charge in [0.15, 0.2) is 6.29 Å². The van der Waals surface area contributed by atoms with Crippen LogP contribution in [0.1, 0.15) is 52.0 Å². The number of amides is 2. The average Bonchev–Trinajstić information content (AvgIpc) is 3.33. The molecule has 2 aliphatic heterocycles. The number of fused-ring (bicyclic) bond motifs is 1. The van der Waals surface area contributed by atoms with Crippen molar-refractivity contribution < 1.29 is 19.1 Å². The van der Waals surface area contributed by atoms with Gasteiger partial charge in [-0.05, 0) is 30.9 Å². The van der Waals surface area contributed by atoms with Gasteiger partial charge in [-0.25, -0.2) is 0 Å². The lowest BCUT2D eigenvalue weighted by Gasteiger charge is -2.34. The predicted molar refractivity (Wildman–Crippen MR) is 108 cm³/mol. The van der Waals surface area contributed by atoms with Crippen LogP contribution >= 0.6 is 0 Å². The number of benzene rings is 1. The Bertz CT molecular complexity index is 702. The molecule has 2 atom stereocenters. The van der Waals surface area contributed by atoms with Gasteiger partial charge in [0.2, 0.25) is 11.8 Å². The van der Waals surface area contributed by atoms with Gasteiger partial charge in [-0.15, -0.1) is 0 Å². The van der Waals surface area contributed by atoms with E-state index in [0.29, 0.717) is 26.2 Å². The van der Waals surface area contributed by atoms with E-state index >= 15 is 0 Å². The summed E-state index contributed by atoms with van der Waals surface area (Å²) in [4.78, 5) is 26.5. The molecule has 154 valence electrons. The molecule has 1 fully saturated rings. The zero-order valence-corrected chi connectivity index (χ0v) is 17.2. The molecule has 6 heteroatoms. The molecule has 1 aromatic rings. The Balaban J connectivity index is 1.53. The normalized spacial score (nSPS) is 21.4. The smallest absolute Gasteiger partial charge is 0.243 e. The lowest BCUT2D eigenvalue weighted by molar-refractivity contribution is -0.133. The Hall–Kier alpha value is -1.92. The van der Waals surface area contributed by atoms with E-state index in [0.717, 1.165) is 36.9 Å². The van der Waals surface area contributed by atoms with Gasteiger partial charge in [-0.2, -0.15) is 0 Å². The molecule has 2 aliphatic rings. The Morgan fingerprint density at radius 2 is 1.93 bits per heavy atom. The van der Waals surface area contributed by atoms with Gasteiger partial charge >= 0.3 is 0 Å². The molecule has 3 rings (SSSR count). The zero-order valence-electron chi connectivity index (χ0n) is 17.2. The molecule has 1 aromatic carbocycles. The molecule has 0 spiro atoms. The zero-order chi connectivity index (χ0) is 20.1. The molecular weight excluding hydrogens is 356 g/mol. The fourth-order valence-corrected chi connectivity index (χ4v) is 4.50. The number of nitrogens with one attached hydrogen (secondary N) is 1. The van der Waals surface area contributed by atoms with Crippen molar-refractivity contribution in [3.05, 3.63) is 29.8 Å². The minimum absolute atomic E-state index is 0.0367. The second kappa shape index (κ2) is 9.05. The Labute approximate surface area is 167 Å². The van der Waals surface area contributed by atoms with E-state index in [1.165, 1.54) is 6.92 Å². The largest absolute Gasteiger partial charge is 0.354 e. The number of rotatable bonds is 8. The maximum atomic E-state index is 12.8. The summed E-state index contributed by atoms with van der Waals surface area (Å²) in [5, 5.41) is 3.04. The lowest BCUT2D eigenvalue weighted by Crippen LogP contribution is -2.47. The summed E-state index contributed by atoms with van der Waals surface area (Å²) in [5.41, 5.74) is 1.86. The molecule has 0 bridgehead atoms. The van der Waals surface area contributed by atoms with Crippen molar-refractivity contribution in [2.24, 2.45) is 5.41 Å². The Morgan fingerprint density at radius 1 is 1.21 bits per heavy atom. The quantitative estimate of drug-likeness (QED) is 0.695. The van der Waals surface area contributed by atoms with Crippen LogP contribution < -0.4 is 10.2 Å². The minimum Gasteiger partial charge on any atom is -0.354 e. The summed E-state index contributed by atoms with van der Waals surface area (Å²) < 4.78 is 11.5. The molecule has 1 saturated heterocycles. The van der Waals surface area contributed by atoms with E-state index in [9.17, 15) is 9.59 Å². The summed E-state index contributed by atoms with van der Waals surface area (Å²) in [7, 11) is 0. The molecule has 1 N–H and O–H groups in total. The molecule has 0 unspecified atom stereocenters. The standard InChI is InChI=1S/C22H32N2O4/c1-4-10-22(3,21-27-13-14-28-21)11-7-12-23-20(26)19-15-17-8-5-6-9-18(17)24(19)16(2)25/h5-6,8-9,19,21H,4,7,10-15H2,1-3H3,(H,23,26)/t19-,22+/m0/s1. The second-order valence-electron chi connectivity index (χ2n) is 8.11. The highest BCUT2D eigenvalue weighted by Gasteiger charge is 2.38. The van der Waals surface area contributed by atoms with E-state index < -0.39 is 6.04 Å². The minimum atomic E-state index is -0.460. The van der Waals surface area contributed by atoms with Crippen molar-refractivity contribution in [3.63, 3.8) is 0 Å². The van der Waals surface area contributed by atoms with Crippen LogP contribution in [0.3, 0.4) is 0 Å². The number of ether oxygens (including phenoxy) is 2. The van der Waals surface area contributed by atoms with E-state index in [4.69, 9.17) is 9.47 Å². The monoisotopic (exact) mass is 388 g/mol. The van der Waals surface area contributed by atoms with Gasteiger partial charge < -0.3 is 14.8 Å². The van der Waals surface area contributed by atoms with Crippen molar-refractivity contribution in [3.8, 4) is 0 Å². The second-order valence-corrected chi connectivity index (χ2v) is 8.11. The highest BCUT2D eigenvalue weighted by molar-refractivity contribution is 6.02. The van der Waals surface area contributed by atoms with Crippen molar-refractivity contribution in [1.29, 1.82) is 0 Å². The van der Waals surface area contributed by atoms with Gasteiger partial charge in [0.1, 0.15) is 6.04 Å². The van der Waals surface area contributed by atoms with Crippen molar-refractivity contribution in [1.82, 2.24) is 5.32 Å². The third-order valence-corrected chi connectivity index (χ3v) is 5.85. The van der Waals surface area contributed by atoms with Crippen molar-refractivity contribution in [2.45, 2.75) is 65.2 Å². The number of nitrogens with zero attached hydrogens (tertiary/aromatic N) is 1. The van der Waals surface area contributed by atoms with Crippen LogP contribution in [-0.4, -0.2) is 43.9 Å². The summed E-state index contributed by atoms with van der Waals surface area (Å²) in [6.07, 6.45) is 4.29. The molecule has 2 amide bonds. The number of carbonyl (C=O) groups is 2. The van der Waals surface area contributed by atoms with Crippen LogP contribution in [0.15, 0.2) is 24.3 Å². The molecular formula is C22H32N2O4. The van der Waals surface area contributed by atoms with Gasteiger partial charge in [-0.1, -0.05) is 38.5 Å². The molecule has 0 saturated carbocycles. The fourth-order valence-electron chi connectivity index (χ4n) is 4.50. The first kappa shape index (κ1) is 20.8. The van der Waals surface area contributed by atoms with Crippen LogP contribution in [0.5, 0.6) is 0 Å². The highest BCUT2D eigenvalue weighted by Crippen LogP contribution is 2.37. The number of para-hydroxylation sites is 1. The maximum Gasteiger partial charge on any atom is 0.243 e. The van der Waals surface area contributed by atoms with Crippen LogP contribution in [0.4, 0.5) is 5.69 Å². The number of hydrogen-bond acceptors (Lipinski definition) is 4. The first-order valence-electron chi connectivity index (χ1n) is 10.3. The van der Waals surface area contributed by atoms with Crippen molar-refractivity contribution in [2.75, 3.05) is 24.7 Å². The van der Waals surface area contributed by atoms with E-state index in [2.05, 4.69) is 19.2 Å². The first-order chi connectivity index (χ1) is 13.5. The molecule has 2 heterocycles. The fraction of sp³-hybridized carbons (Fsp3) is 0.636. The van der Waals surface area contributed by atoms with E-state index in [-0.39, 0.29) is 23.5 Å². The van der Waals surface area contributed by atoms with Gasteiger partial charge in [0.05, 0.1) is 13.2 Å². The number of anilines is 1. The summed E-state index contributed by atoms with van der Waals surface area (Å²) in [6, 6.07) is 7.27. The van der Waals surface area contributed by atoms with Crippen LogP contribution in [0.25, 0.3) is 0 Å². The summed E-state index contributed by atoms with van der Waals surface area (Å²) >= 11 is 0. The summed E-state index contributed by atoms with van der Waals surface area (Å²) in [6.45, 7) is 7.79. The average molecular weight is 389 g/mol. The maximum absolute atomic E-state index is 12.8. The Morgan fingerprint density at radius 3 is 2.61 bits per heavy atom. The van der Waals surface area contributed by atoms with Gasteiger partial charge in [0, 0.05) is 31.0 Å². The topological polar surface area (TPSA) is 67.9 Å². The third-order valence-electron chi connectivity index (χ3n) is 5.85. The first-order valence-corrected chi connectivity index (χ1v) is 10.3. The lowest BCUT2D eigenvalue weighted by atomic mass is 9.80.